The summed E-state index contributed by atoms with van der Waals surface area (Å²) in [6.07, 6.45) is 8.36. The summed E-state index contributed by atoms with van der Waals surface area (Å²) in [6.45, 7) is 0. The summed E-state index contributed by atoms with van der Waals surface area (Å²) < 4.78 is 19.8. The molecule has 5 heteroatoms. The topological polar surface area (TPSA) is 51.6 Å². The molecule has 2 unspecified atom stereocenters. The van der Waals surface area contributed by atoms with Crippen LogP contribution in [0.4, 0.5) is 11.6 Å². The van der Waals surface area contributed by atoms with Crippen LogP contribution in [0.1, 0.15) is 11.5 Å². The molecule has 1 aliphatic carbocycles. The predicted octanol–water partition coefficient (Wildman–Crippen LogP) is 12.4. The highest BCUT2D eigenvalue weighted by Crippen LogP contribution is 2.51. The standard InChI is InChI=1S/C47H30N2O3/c1-2-9-29(10-3-1)31-16-17-32-26-45(51-42(32)25-31)49(33-20-18-30(19-21-33)43-28-40-41(50-43)15-8-24-48-40)34-22-23-39-44(27-34)52-47-38-14-7-5-12-36(38)35-11-4-6-13-37(35)46(39)47/h1-28,39,44H. The van der Waals surface area contributed by atoms with Crippen LogP contribution in [0.25, 0.3) is 66.1 Å². The maximum atomic E-state index is 6.91. The molecule has 246 valence electrons. The van der Waals surface area contributed by atoms with Gasteiger partial charge in [0, 0.05) is 57.5 Å². The maximum Gasteiger partial charge on any atom is 0.205 e. The molecule has 3 aromatic heterocycles. The number of pyridine rings is 1. The number of fused-ring (bicyclic) bond motifs is 10. The Labute approximate surface area is 299 Å². The van der Waals surface area contributed by atoms with Gasteiger partial charge in [-0.25, -0.2) is 0 Å². The van der Waals surface area contributed by atoms with Gasteiger partial charge in [0.05, 0.1) is 0 Å². The van der Waals surface area contributed by atoms with Crippen molar-refractivity contribution < 1.29 is 13.6 Å². The predicted molar refractivity (Wildman–Crippen MR) is 209 cm³/mol. The Kier molecular flexibility index (Phi) is 6.31. The highest BCUT2D eigenvalue weighted by atomic mass is 16.5. The van der Waals surface area contributed by atoms with Gasteiger partial charge in [-0.05, 0) is 81.9 Å². The van der Waals surface area contributed by atoms with Gasteiger partial charge < -0.3 is 13.6 Å². The number of hydrogen-bond acceptors (Lipinski definition) is 5. The normalized spacial score (nSPS) is 16.3. The van der Waals surface area contributed by atoms with Gasteiger partial charge >= 0.3 is 0 Å². The van der Waals surface area contributed by atoms with Crippen LogP contribution < -0.4 is 9.64 Å². The van der Waals surface area contributed by atoms with Gasteiger partial charge in [-0.2, -0.15) is 0 Å². The lowest BCUT2D eigenvalue weighted by atomic mass is 9.86. The van der Waals surface area contributed by atoms with Crippen molar-refractivity contribution in [1.29, 1.82) is 0 Å². The third-order valence-corrected chi connectivity index (χ3v) is 10.5. The maximum absolute atomic E-state index is 6.91. The number of anilines is 2. The number of nitrogens with zero attached hydrogens (tertiary/aromatic N) is 2. The monoisotopic (exact) mass is 670 g/mol. The molecule has 5 nitrogen and oxygen atoms in total. The minimum atomic E-state index is -0.178. The van der Waals surface area contributed by atoms with Crippen molar-refractivity contribution in [3.05, 3.63) is 181 Å². The molecule has 0 fully saturated rings. The van der Waals surface area contributed by atoms with E-state index in [-0.39, 0.29) is 12.0 Å². The molecule has 2 aliphatic rings. The van der Waals surface area contributed by atoms with Gasteiger partial charge in [-0.3, -0.25) is 9.88 Å². The fourth-order valence-electron chi connectivity index (χ4n) is 8.01. The van der Waals surface area contributed by atoms with Crippen molar-refractivity contribution >= 4 is 55.2 Å². The van der Waals surface area contributed by atoms with E-state index in [1.165, 1.54) is 21.7 Å². The van der Waals surface area contributed by atoms with Crippen LogP contribution in [0.5, 0.6) is 5.75 Å². The highest BCUT2D eigenvalue weighted by Gasteiger charge is 2.37. The van der Waals surface area contributed by atoms with Gasteiger partial charge in [0.15, 0.2) is 5.58 Å². The number of allylic oxidation sites excluding steroid dienone is 1. The Hall–Kier alpha value is -6.85. The summed E-state index contributed by atoms with van der Waals surface area (Å²) in [6, 6.07) is 50.4. The molecule has 52 heavy (non-hydrogen) atoms. The molecule has 6 aromatic carbocycles. The summed E-state index contributed by atoms with van der Waals surface area (Å²) in [5.41, 5.74) is 8.86. The van der Waals surface area contributed by atoms with Gasteiger partial charge in [0.2, 0.25) is 5.88 Å². The van der Waals surface area contributed by atoms with Gasteiger partial charge in [-0.1, -0.05) is 97.1 Å². The molecule has 0 N–H and O–H groups in total. The van der Waals surface area contributed by atoms with Gasteiger partial charge in [0.25, 0.3) is 0 Å². The Morgan fingerprint density at radius 1 is 0.577 bits per heavy atom. The molecule has 0 spiro atoms. The molecule has 0 bridgehead atoms. The molecule has 11 rings (SSSR count). The Balaban J connectivity index is 1.03. The van der Waals surface area contributed by atoms with E-state index in [1.54, 1.807) is 6.20 Å². The van der Waals surface area contributed by atoms with Crippen LogP contribution in [0, 0.1) is 0 Å². The smallest absolute Gasteiger partial charge is 0.205 e. The van der Waals surface area contributed by atoms with Crippen molar-refractivity contribution in [2.75, 3.05) is 4.90 Å². The zero-order valence-corrected chi connectivity index (χ0v) is 27.9. The van der Waals surface area contributed by atoms with Crippen molar-refractivity contribution in [1.82, 2.24) is 4.98 Å². The summed E-state index contributed by atoms with van der Waals surface area (Å²) in [5.74, 6) is 2.56. The molecular formula is C47H30N2O3. The largest absolute Gasteiger partial charge is 0.484 e. The third-order valence-electron chi connectivity index (χ3n) is 10.5. The second kappa shape index (κ2) is 11.3. The van der Waals surface area contributed by atoms with E-state index in [2.05, 4.69) is 149 Å². The summed E-state index contributed by atoms with van der Waals surface area (Å²) in [7, 11) is 0. The molecule has 4 heterocycles. The average molecular weight is 671 g/mol. The molecule has 0 radical (unpaired) electrons. The molecule has 1 aliphatic heterocycles. The van der Waals surface area contributed by atoms with Crippen LogP contribution in [-0.4, -0.2) is 11.1 Å². The van der Waals surface area contributed by atoms with E-state index in [0.717, 1.165) is 72.9 Å². The van der Waals surface area contributed by atoms with Crippen LogP contribution in [0.3, 0.4) is 0 Å². The van der Waals surface area contributed by atoms with E-state index in [4.69, 9.17) is 13.6 Å². The summed E-state index contributed by atoms with van der Waals surface area (Å²) in [5, 5.41) is 5.89. The first-order valence-electron chi connectivity index (χ1n) is 17.6. The molecule has 9 aromatic rings. The number of hydrogen-bond donors (Lipinski definition) is 0. The average Bonchev–Trinajstić information content (AvgIpc) is 3.94. The van der Waals surface area contributed by atoms with Crippen LogP contribution in [-0.2, 0) is 0 Å². The lowest BCUT2D eigenvalue weighted by Gasteiger charge is -2.28. The Morgan fingerprint density at radius 3 is 2.15 bits per heavy atom. The highest BCUT2D eigenvalue weighted by molar-refractivity contribution is 6.13. The molecule has 2 atom stereocenters. The van der Waals surface area contributed by atoms with Gasteiger partial charge in [0.1, 0.15) is 28.7 Å². The number of benzene rings is 6. The first-order chi connectivity index (χ1) is 25.7. The summed E-state index contributed by atoms with van der Waals surface area (Å²) in [4.78, 5) is 6.64. The fourth-order valence-corrected chi connectivity index (χ4v) is 8.01. The molecular weight excluding hydrogens is 641 g/mol. The third kappa shape index (κ3) is 4.53. The van der Waals surface area contributed by atoms with E-state index in [1.807, 2.05) is 24.3 Å². The van der Waals surface area contributed by atoms with Crippen molar-refractivity contribution in [3.63, 3.8) is 0 Å². The number of furan rings is 2. The zero-order chi connectivity index (χ0) is 34.2. The van der Waals surface area contributed by atoms with E-state index in [0.29, 0.717) is 0 Å². The molecule has 0 saturated heterocycles. The van der Waals surface area contributed by atoms with Crippen LogP contribution in [0.2, 0.25) is 0 Å². The SMILES string of the molecule is C1=CC2c3c(c4ccccc4c4ccccc34)OC2C=C1N(c1ccc(-c2cc3ncccc3o2)cc1)c1cc2ccc(-c3ccccc3)cc2o1. The van der Waals surface area contributed by atoms with E-state index >= 15 is 0 Å². The Morgan fingerprint density at radius 2 is 1.33 bits per heavy atom. The van der Waals surface area contributed by atoms with Crippen LogP contribution in [0.15, 0.2) is 185 Å². The van der Waals surface area contributed by atoms with Crippen LogP contribution >= 0.6 is 0 Å². The second-order valence-corrected chi connectivity index (χ2v) is 13.5. The lowest BCUT2D eigenvalue weighted by Crippen LogP contribution is -2.24. The van der Waals surface area contributed by atoms with Crippen molar-refractivity contribution in [3.8, 4) is 28.2 Å². The number of aromatic nitrogens is 1. The summed E-state index contributed by atoms with van der Waals surface area (Å²) >= 11 is 0. The van der Waals surface area contributed by atoms with Crippen molar-refractivity contribution in [2.45, 2.75) is 12.0 Å². The lowest BCUT2D eigenvalue weighted by molar-refractivity contribution is 0.270. The second-order valence-electron chi connectivity index (χ2n) is 13.5. The fraction of sp³-hybridized carbons (Fsp3) is 0.0426. The Bertz CT molecular complexity index is 2870. The zero-order valence-electron chi connectivity index (χ0n) is 27.9. The minimum absolute atomic E-state index is 0.0864. The molecule has 0 amide bonds. The first kappa shape index (κ1) is 28.9. The van der Waals surface area contributed by atoms with E-state index in [9.17, 15) is 0 Å². The first-order valence-corrected chi connectivity index (χ1v) is 17.6. The van der Waals surface area contributed by atoms with E-state index < -0.39 is 0 Å². The minimum Gasteiger partial charge on any atom is -0.484 e. The number of rotatable bonds is 5. The van der Waals surface area contributed by atoms with Gasteiger partial charge in [-0.15, -0.1) is 0 Å². The quantitative estimate of drug-likeness (QED) is 0.171. The van der Waals surface area contributed by atoms with Crippen molar-refractivity contribution in [2.24, 2.45) is 0 Å². The molecule has 0 saturated carbocycles. The number of ether oxygens (including phenoxy) is 1.